The minimum Gasteiger partial charge on any atom is -0.350 e. The summed E-state index contributed by atoms with van der Waals surface area (Å²) in [5.41, 5.74) is 1.57. The second-order valence-electron chi connectivity index (χ2n) is 9.40. The second kappa shape index (κ2) is 16.4. The van der Waals surface area contributed by atoms with Crippen molar-refractivity contribution in [2.45, 2.75) is 57.8 Å². The molecule has 206 valence electrons. The van der Waals surface area contributed by atoms with Gasteiger partial charge in [-0.05, 0) is 54.0 Å². The van der Waals surface area contributed by atoms with Crippen LogP contribution < -0.4 is 21.3 Å². The van der Waals surface area contributed by atoms with E-state index in [-0.39, 0.29) is 24.7 Å². The minimum absolute atomic E-state index is 0.0783. The molecule has 10 heteroatoms. The van der Waals surface area contributed by atoms with E-state index >= 15 is 0 Å². The van der Waals surface area contributed by atoms with Gasteiger partial charge in [0.1, 0.15) is 23.9 Å². The third-order valence-electron chi connectivity index (χ3n) is 5.83. The Balaban J connectivity index is 2.17. The van der Waals surface area contributed by atoms with Crippen molar-refractivity contribution in [3.05, 3.63) is 71.5 Å². The number of rotatable bonds is 16. The fraction of sp³-hybridized carbons (Fsp3) is 0.429. The van der Waals surface area contributed by atoms with Gasteiger partial charge in [-0.15, -0.1) is 0 Å². The van der Waals surface area contributed by atoms with Crippen LogP contribution >= 0.6 is 11.8 Å². The largest absolute Gasteiger partial charge is 0.350 e. The van der Waals surface area contributed by atoms with Crippen molar-refractivity contribution in [1.82, 2.24) is 21.3 Å². The highest BCUT2D eigenvalue weighted by Gasteiger charge is 2.29. The van der Waals surface area contributed by atoms with Crippen LogP contribution in [0.25, 0.3) is 0 Å². The standard InChI is InChI=1S/C28H37FN4O4S/c1-19(2)15-24(32-27(36)23(31-18-34)13-14-38-3)28(37)33-25(16-20-7-5-4-6-8-20)26(35)30-17-21-9-11-22(29)12-10-21/h4-12,18-19,23-25H,13-17H2,1-3H3,(H,30,35)(H,31,34)(H,32,36)(H,33,37). The molecule has 0 aliphatic rings. The molecule has 8 nitrogen and oxygen atoms in total. The highest BCUT2D eigenvalue weighted by Crippen LogP contribution is 2.10. The minimum atomic E-state index is -0.905. The van der Waals surface area contributed by atoms with E-state index in [1.807, 2.05) is 50.4 Å². The van der Waals surface area contributed by atoms with Crippen molar-refractivity contribution in [1.29, 1.82) is 0 Å². The number of hydrogen-bond donors (Lipinski definition) is 4. The van der Waals surface area contributed by atoms with Gasteiger partial charge in [0.2, 0.25) is 24.1 Å². The summed E-state index contributed by atoms with van der Waals surface area (Å²) >= 11 is 1.55. The number of carbonyl (C=O) groups excluding carboxylic acids is 4. The van der Waals surface area contributed by atoms with E-state index in [0.717, 1.165) is 5.56 Å². The average molecular weight is 545 g/mol. The van der Waals surface area contributed by atoms with Gasteiger partial charge < -0.3 is 21.3 Å². The van der Waals surface area contributed by atoms with Crippen LogP contribution in [-0.4, -0.2) is 54.3 Å². The van der Waals surface area contributed by atoms with E-state index in [2.05, 4.69) is 21.3 Å². The Labute approximate surface area is 227 Å². The molecule has 4 N–H and O–H groups in total. The molecule has 0 aliphatic heterocycles. The Bertz CT molecular complexity index is 1040. The van der Waals surface area contributed by atoms with Gasteiger partial charge in [0.15, 0.2) is 0 Å². The van der Waals surface area contributed by atoms with E-state index < -0.39 is 35.8 Å². The van der Waals surface area contributed by atoms with Crippen LogP contribution in [0.1, 0.15) is 37.8 Å². The lowest BCUT2D eigenvalue weighted by Crippen LogP contribution is -2.57. The quantitative estimate of drug-likeness (QED) is 0.243. The van der Waals surface area contributed by atoms with E-state index in [0.29, 0.717) is 30.6 Å². The molecule has 3 atom stereocenters. The van der Waals surface area contributed by atoms with Gasteiger partial charge in [-0.3, -0.25) is 19.2 Å². The summed E-state index contributed by atoms with van der Waals surface area (Å²) in [6.07, 6.45) is 3.39. The van der Waals surface area contributed by atoms with Crippen molar-refractivity contribution >= 4 is 35.9 Å². The summed E-state index contributed by atoms with van der Waals surface area (Å²) < 4.78 is 13.2. The van der Waals surface area contributed by atoms with Crippen LogP contribution in [0, 0.1) is 11.7 Å². The molecule has 2 rings (SSSR count). The van der Waals surface area contributed by atoms with Gasteiger partial charge in [-0.2, -0.15) is 11.8 Å². The lowest BCUT2D eigenvalue weighted by Gasteiger charge is -2.26. The summed E-state index contributed by atoms with van der Waals surface area (Å²) in [6, 6.07) is 12.5. The molecule has 4 amide bonds. The maximum atomic E-state index is 13.4. The first-order valence-electron chi connectivity index (χ1n) is 12.6. The fourth-order valence-electron chi connectivity index (χ4n) is 3.83. The lowest BCUT2D eigenvalue weighted by molar-refractivity contribution is -0.133. The molecular formula is C28H37FN4O4S. The molecular weight excluding hydrogens is 507 g/mol. The summed E-state index contributed by atoms with van der Waals surface area (Å²) in [4.78, 5) is 50.5. The van der Waals surface area contributed by atoms with Gasteiger partial charge in [-0.1, -0.05) is 56.3 Å². The van der Waals surface area contributed by atoms with Crippen molar-refractivity contribution in [2.75, 3.05) is 12.0 Å². The van der Waals surface area contributed by atoms with Gasteiger partial charge in [0.25, 0.3) is 0 Å². The lowest BCUT2D eigenvalue weighted by atomic mass is 10.0. The van der Waals surface area contributed by atoms with Crippen LogP contribution in [0.5, 0.6) is 0 Å². The van der Waals surface area contributed by atoms with E-state index in [1.165, 1.54) is 12.1 Å². The first-order valence-corrected chi connectivity index (χ1v) is 14.0. The molecule has 2 aromatic carbocycles. The molecule has 0 spiro atoms. The van der Waals surface area contributed by atoms with Crippen molar-refractivity contribution in [3.63, 3.8) is 0 Å². The van der Waals surface area contributed by atoms with Crippen molar-refractivity contribution in [3.8, 4) is 0 Å². The zero-order chi connectivity index (χ0) is 27.9. The van der Waals surface area contributed by atoms with E-state index in [9.17, 15) is 23.6 Å². The number of thioether (sulfide) groups is 1. The zero-order valence-corrected chi connectivity index (χ0v) is 22.9. The Morgan fingerprint density at radius 3 is 2.11 bits per heavy atom. The van der Waals surface area contributed by atoms with Crippen LogP contribution in [0.4, 0.5) is 4.39 Å². The van der Waals surface area contributed by atoms with Gasteiger partial charge >= 0.3 is 0 Å². The molecule has 38 heavy (non-hydrogen) atoms. The number of benzene rings is 2. The summed E-state index contributed by atoms with van der Waals surface area (Å²) in [5.74, 6) is -0.970. The molecule has 0 aromatic heterocycles. The fourth-order valence-corrected chi connectivity index (χ4v) is 4.30. The molecule has 2 aromatic rings. The third-order valence-corrected chi connectivity index (χ3v) is 6.48. The summed E-state index contributed by atoms with van der Waals surface area (Å²) in [7, 11) is 0. The maximum absolute atomic E-state index is 13.4. The molecule has 0 bridgehead atoms. The molecule has 0 radical (unpaired) electrons. The Hall–Kier alpha value is -3.40. The molecule has 0 aliphatic carbocycles. The van der Waals surface area contributed by atoms with Crippen molar-refractivity contribution in [2.24, 2.45) is 5.92 Å². The SMILES string of the molecule is CSCCC(NC=O)C(=O)NC(CC(C)C)C(=O)NC(Cc1ccccc1)C(=O)NCc1ccc(F)cc1. The van der Waals surface area contributed by atoms with Gasteiger partial charge in [-0.25, -0.2) is 4.39 Å². The van der Waals surface area contributed by atoms with Crippen LogP contribution in [0.15, 0.2) is 54.6 Å². The molecule has 3 unspecified atom stereocenters. The third kappa shape index (κ3) is 10.9. The Kier molecular flexibility index (Phi) is 13.3. The number of carbonyl (C=O) groups is 4. The second-order valence-corrected chi connectivity index (χ2v) is 10.4. The first kappa shape index (κ1) is 30.8. The highest BCUT2D eigenvalue weighted by atomic mass is 32.2. The average Bonchev–Trinajstić information content (AvgIpc) is 2.90. The smallest absolute Gasteiger partial charge is 0.243 e. The molecule has 0 fully saturated rings. The highest BCUT2D eigenvalue weighted by molar-refractivity contribution is 7.98. The number of amides is 4. The van der Waals surface area contributed by atoms with Crippen molar-refractivity contribution < 1.29 is 23.6 Å². The number of halogens is 1. The van der Waals surface area contributed by atoms with Gasteiger partial charge in [0, 0.05) is 13.0 Å². The summed E-state index contributed by atoms with van der Waals surface area (Å²) in [5, 5.41) is 10.9. The molecule has 0 saturated heterocycles. The number of nitrogens with one attached hydrogen (secondary N) is 4. The normalized spacial score (nSPS) is 13.2. The predicted octanol–water partition coefficient (Wildman–Crippen LogP) is 2.57. The summed E-state index contributed by atoms with van der Waals surface area (Å²) in [6.45, 7) is 4.03. The molecule has 0 saturated carbocycles. The monoisotopic (exact) mass is 544 g/mol. The topological polar surface area (TPSA) is 116 Å². The predicted molar refractivity (Wildman–Crippen MR) is 148 cm³/mol. The number of hydrogen-bond acceptors (Lipinski definition) is 5. The zero-order valence-electron chi connectivity index (χ0n) is 22.0. The molecule has 0 heterocycles. The Morgan fingerprint density at radius 1 is 0.868 bits per heavy atom. The first-order chi connectivity index (χ1) is 18.2. The maximum Gasteiger partial charge on any atom is 0.243 e. The van der Waals surface area contributed by atoms with E-state index in [1.54, 1.807) is 23.9 Å². The Morgan fingerprint density at radius 2 is 1.50 bits per heavy atom. The van der Waals surface area contributed by atoms with Crippen LogP contribution in [0.2, 0.25) is 0 Å². The van der Waals surface area contributed by atoms with E-state index in [4.69, 9.17) is 0 Å². The van der Waals surface area contributed by atoms with Crippen LogP contribution in [0.3, 0.4) is 0 Å². The van der Waals surface area contributed by atoms with Crippen LogP contribution in [-0.2, 0) is 32.1 Å². The van der Waals surface area contributed by atoms with Gasteiger partial charge in [0.05, 0.1) is 0 Å².